The lowest BCUT2D eigenvalue weighted by molar-refractivity contribution is -0.167. The molecule has 0 aromatic rings. The van der Waals surface area contributed by atoms with Crippen molar-refractivity contribution in [3.05, 3.63) is 97.2 Å². The Balaban J connectivity index is 4.07. The highest BCUT2D eigenvalue weighted by Gasteiger charge is 2.19. The molecular weight excluding hydrogens is 925 g/mol. The number of carbonyl (C=O) groups is 3. The summed E-state index contributed by atoms with van der Waals surface area (Å²) in [6.07, 6.45) is 84.3. The summed E-state index contributed by atoms with van der Waals surface area (Å²) < 4.78 is 16.8. The minimum Gasteiger partial charge on any atom is -0.462 e. The number of unbranched alkanes of at least 4 members (excludes halogenated alkanes) is 30. The fourth-order valence-electron chi connectivity index (χ4n) is 8.83. The summed E-state index contributed by atoms with van der Waals surface area (Å²) in [5, 5.41) is 0. The van der Waals surface area contributed by atoms with Crippen LogP contribution in [0.4, 0.5) is 0 Å². The van der Waals surface area contributed by atoms with E-state index in [1.807, 2.05) is 0 Å². The third-order valence-corrected chi connectivity index (χ3v) is 13.6. The van der Waals surface area contributed by atoms with E-state index < -0.39 is 6.10 Å². The second-order valence-electron chi connectivity index (χ2n) is 20.9. The van der Waals surface area contributed by atoms with Crippen molar-refractivity contribution in [2.24, 2.45) is 0 Å². The van der Waals surface area contributed by atoms with Crippen LogP contribution in [0, 0.1) is 0 Å². The summed E-state index contributed by atoms with van der Waals surface area (Å²) in [5.41, 5.74) is 0. The first-order valence-corrected chi connectivity index (χ1v) is 31.7. The summed E-state index contributed by atoms with van der Waals surface area (Å²) in [6.45, 7) is 6.50. The van der Waals surface area contributed by atoms with Crippen LogP contribution in [-0.2, 0) is 28.6 Å². The predicted molar refractivity (Wildman–Crippen MR) is 325 cm³/mol. The zero-order valence-corrected chi connectivity index (χ0v) is 49.3. The molecule has 0 aliphatic carbocycles. The Kier molecular flexibility index (Phi) is 59.8. The minimum atomic E-state index is -0.778. The third-order valence-electron chi connectivity index (χ3n) is 13.6. The Hall–Kier alpha value is -3.67. The Labute approximate surface area is 464 Å². The Morgan fingerprint density at radius 3 is 0.840 bits per heavy atom. The lowest BCUT2D eigenvalue weighted by Gasteiger charge is -2.18. The fraction of sp³-hybridized carbons (Fsp3) is 0.725. The summed E-state index contributed by atoms with van der Waals surface area (Å²) in [5.74, 6) is -0.882. The molecular formula is C69H118O6. The van der Waals surface area contributed by atoms with Crippen LogP contribution in [0.25, 0.3) is 0 Å². The monoisotopic (exact) mass is 1040 g/mol. The van der Waals surface area contributed by atoms with E-state index in [4.69, 9.17) is 14.2 Å². The standard InChI is InChI=1S/C69H118O6/c1-4-7-10-13-16-19-21-23-24-25-26-27-28-29-30-31-32-33-34-35-36-37-38-39-40-41-42-43-44-46-47-50-53-56-59-62-68(71)74-65-66(64-73-67(70)61-58-55-52-49-18-15-12-9-6-3)75-69(72)63-60-57-54-51-48-45-22-20-17-14-11-8-5-2/h7,10,16,19-20,22-24,26-27,29-30,32-33,35-36,66H,4-6,8-9,11-15,17-18,21,25,28,31,34,37-65H2,1-3H3/b10-7-,19-16-,22-20-,24-23-,27-26-,30-29-,33-32-,36-35-. The number of allylic oxidation sites excluding steroid dienone is 16. The molecule has 0 aliphatic heterocycles. The van der Waals surface area contributed by atoms with Crippen LogP contribution < -0.4 is 0 Å². The molecule has 0 heterocycles. The maximum atomic E-state index is 12.8. The van der Waals surface area contributed by atoms with E-state index in [-0.39, 0.29) is 31.1 Å². The second kappa shape index (κ2) is 62.9. The average molecular weight is 1040 g/mol. The highest BCUT2D eigenvalue weighted by molar-refractivity contribution is 5.71. The van der Waals surface area contributed by atoms with Gasteiger partial charge in [-0.15, -0.1) is 0 Å². The van der Waals surface area contributed by atoms with E-state index >= 15 is 0 Å². The van der Waals surface area contributed by atoms with Gasteiger partial charge >= 0.3 is 17.9 Å². The van der Waals surface area contributed by atoms with Crippen molar-refractivity contribution < 1.29 is 28.6 Å². The van der Waals surface area contributed by atoms with E-state index in [9.17, 15) is 14.4 Å². The fourth-order valence-corrected chi connectivity index (χ4v) is 8.83. The van der Waals surface area contributed by atoms with Crippen molar-refractivity contribution >= 4 is 17.9 Å². The smallest absolute Gasteiger partial charge is 0.306 e. The van der Waals surface area contributed by atoms with Gasteiger partial charge in [-0.1, -0.05) is 279 Å². The van der Waals surface area contributed by atoms with Crippen molar-refractivity contribution in [1.82, 2.24) is 0 Å². The summed E-state index contributed by atoms with van der Waals surface area (Å²) >= 11 is 0. The van der Waals surface area contributed by atoms with Gasteiger partial charge in [0.25, 0.3) is 0 Å². The first-order valence-electron chi connectivity index (χ1n) is 31.7. The topological polar surface area (TPSA) is 78.9 Å². The van der Waals surface area contributed by atoms with Crippen molar-refractivity contribution in [2.75, 3.05) is 13.2 Å². The second-order valence-corrected chi connectivity index (χ2v) is 20.9. The van der Waals surface area contributed by atoms with E-state index in [1.165, 1.54) is 148 Å². The van der Waals surface area contributed by atoms with Gasteiger partial charge in [0.1, 0.15) is 13.2 Å². The molecule has 0 rings (SSSR count). The largest absolute Gasteiger partial charge is 0.462 e. The van der Waals surface area contributed by atoms with Gasteiger partial charge in [0.2, 0.25) is 0 Å². The molecule has 0 aromatic carbocycles. The van der Waals surface area contributed by atoms with Crippen molar-refractivity contribution in [1.29, 1.82) is 0 Å². The summed E-state index contributed by atoms with van der Waals surface area (Å²) in [7, 11) is 0. The van der Waals surface area contributed by atoms with E-state index in [0.29, 0.717) is 19.3 Å². The van der Waals surface area contributed by atoms with Gasteiger partial charge < -0.3 is 14.2 Å². The zero-order chi connectivity index (χ0) is 54.3. The van der Waals surface area contributed by atoms with Crippen LogP contribution in [0.3, 0.4) is 0 Å². The molecule has 1 atom stereocenters. The molecule has 0 fully saturated rings. The number of carbonyl (C=O) groups excluding carboxylic acids is 3. The van der Waals surface area contributed by atoms with E-state index in [1.54, 1.807) is 0 Å². The van der Waals surface area contributed by atoms with Crippen molar-refractivity contribution in [3.8, 4) is 0 Å². The highest BCUT2D eigenvalue weighted by atomic mass is 16.6. The molecule has 0 spiro atoms. The molecule has 0 aliphatic rings. The average Bonchev–Trinajstić information content (AvgIpc) is 3.41. The number of rotatable bonds is 57. The zero-order valence-electron chi connectivity index (χ0n) is 49.3. The first-order chi connectivity index (χ1) is 37.0. The van der Waals surface area contributed by atoms with Crippen LogP contribution in [0.5, 0.6) is 0 Å². The molecule has 75 heavy (non-hydrogen) atoms. The molecule has 0 bridgehead atoms. The minimum absolute atomic E-state index is 0.0769. The van der Waals surface area contributed by atoms with E-state index in [2.05, 4.69) is 118 Å². The van der Waals surface area contributed by atoms with Crippen LogP contribution in [-0.4, -0.2) is 37.2 Å². The van der Waals surface area contributed by atoms with Crippen molar-refractivity contribution in [3.63, 3.8) is 0 Å². The van der Waals surface area contributed by atoms with Gasteiger partial charge in [-0.3, -0.25) is 14.4 Å². The van der Waals surface area contributed by atoms with Crippen molar-refractivity contribution in [2.45, 2.75) is 309 Å². The van der Waals surface area contributed by atoms with Gasteiger partial charge in [0, 0.05) is 19.3 Å². The van der Waals surface area contributed by atoms with Crippen LogP contribution >= 0.6 is 0 Å². The number of hydrogen-bond acceptors (Lipinski definition) is 6. The summed E-state index contributed by atoms with van der Waals surface area (Å²) in [4.78, 5) is 38.1. The maximum absolute atomic E-state index is 12.8. The quantitative estimate of drug-likeness (QED) is 0.0261. The SMILES string of the molecule is CC/C=C\C/C=C\C/C=C\C/C=C\C/C=C\C/C=C\C/C=C\CCCCCCCCCCCCCCCC(=O)OCC(COC(=O)CCCCCCCCCCC)OC(=O)CCCCCCC/C=C\CCCCCC. The van der Waals surface area contributed by atoms with Gasteiger partial charge in [-0.25, -0.2) is 0 Å². The Morgan fingerprint density at radius 2 is 0.520 bits per heavy atom. The molecule has 0 radical (unpaired) electrons. The highest BCUT2D eigenvalue weighted by Crippen LogP contribution is 2.16. The molecule has 0 saturated heterocycles. The van der Waals surface area contributed by atoms with Crippen LogP contribution in [0.15, 0.2) is 97.2 Å². The van der Waals surface area contributed by atoms with Gasteiger partial charge in [0.05, 0.1) is 0 Å². The number of esters is 3. The molecule has 0 saturated carbocycles. The Bertz CT molecular complexity index is 1480. The maximum Gasteiger partial charge on any atom is 0.306 e. The number of ether oxygens (including phenoxy) is 3. The Morgan fingerprint density at radius 1 is 0.280 bits per heavy atom. The molecule has 430 valence electrons. The lowest BCUT2D eigenvalue weighted by Crippen LogP contribution is -2.30. The number of hydrogen-bond donors (Lipinski definition) is 0. The van der Waals surface area contributed by atoms with Gasteiger partial charge in [-0.2, -0.15) is 0 Å². The van der Waals surface area contributed by atoms with Gasteiger partial charge in [-0.05, 0) is 103 Å². The third kappa shape index (κ3) is 61.1. The van der Waals surface area contributed by atoms with Crippen LogP contribution in [0.1, 0.15) is 303 Å². The molecule has 6 nitrogen and oxygen atoms in total. The lowest BCUT2D eigenvalue weighted by atomic mass is 10.0. The molecule has 0 amide bonds. The molecule has 6 heteroatoms. The molecule has 1 unspecified atom stereocenters. The normalized spacial score (nSPS) is 12.7. The molecule has 0 N–H and O–H groups in total. The molecule has 0 aromatic heterocycles. The summed E-state index contributed by atoms with van der Waals surface area (Å²) in [6, 6.07) is 0. The predicted octanol–water partition coefficient (Wildman–Crippen LogP) is 21.7. The van der Waals surface area contributed by atoms with E-state index in [0.717, 1.165) is 116 Å². The first kappa shape index (κ1) is 71.3. The van der Waals surface area contributed by atoms with Crippen LogP contribution in [0.2, 0.25) is 0 Å². The van der Waals surface area contributed by atoms with Gasteiger partial charge in [0.15, 0.2) is 6.10 Å².